The average molecular weight is 279 g/mol. The fourth-order valence-corrected chi connectivity index (χ4v) is 2.70. The van der Waals surface area contributed by atoms with Crippen molar-refractivity contribution < 1.29 is 4.79 Å². The Morgan fingerprint density at radius 3 is 2.74 bits per heavy atom. The van der Waals surface area contributed by atoms with Crippen LogP contribution in [0.1, 0.15) is 31.2 Å². The van der Waals surface area contributed by atoms with Gasteiger partial charge in [0.25, 0.3) is 0 Å². The van der Waals surface area contributed by atoms with Crippen LogP contribution in [-0.4, -0.2) is 12.3 Å². The Labute approximate surface area is 120 Å². The minimum atomic E-state index is 0. The summed E-state index contributed by atoms with van der Waals surface area (Å²) < 4.78 is 0. The molecule has 1 N–H and O–H groups in total. The summed E-state index contributed by atoms with van der Waals surface area (Å²) in [6, 6.07) is 8.49. The Bertz CT molecular complexity index is 499. The fourth-order valence-electron chi connectivity index (χ4n) is 2.70. The molecule has 0 fully saturated rings. The lowest BCUT2D eigenvalue weighted by Gasteiger charge is -2.33. The SMILES string of the molecule is Cl.O=C1C=C(NN2CCCc3ccccc32)CCC1. The van der Waals surface area contributed by atoms with Gasteiger partial charge in [-0.1, -0.05) is 18.2 Å². The number of aryl methyl sites for hydroxylation is 1. The zero-order valence-electron chi connectivity index (χ0n) is 10.9. The Hall–Kier alpha value is -1.48. The smallest absolute Gasteiger partial charge is 0.157 e. The van der Waals surface area contributed by atoms with E-state index in [2.05, 4.69) is 34.7 Å². The second-order valence-corrected chi connectivity index (χ2v) is 4.99. The van der Waals surface area contributed by atoms with Gasteiger partial charge < -0.3 is 5.43 Å². The number of hydrogen-bond donors (Lipinski definition) is 1. The number of nitrogens with zero attached hydrogens (tertiary/aromatic N) is 1. The standard InChI is InChI=1S/C15H18N2O.ClH/c18-14-8-3-7-13(11-14)16-17-10-4-6-12-5-1-2-9-15(12)17;/h1-2,5,9,11,16H,3-4,6-8,10H2;1H. The molecule has 0 saturated carbocycles. The largest absolute Gasteiger partial charge is 0.302 e. The summed E-state index contributed by atoms with van der Waals surface area (Å²) in [6.45, 7) is 1.00. The summed E-state index contributed by atoms with van der Waals surface area (Å²) >= 11 is 0. The molecule has 1 aromatic rings. The van der Waals surface area contributed by atoms with Gasteiger partial charge >= 0.3 is 0 Å². The number of carbonyl (C=O) groups excluding carboxylic acids is 1. The molecule has 0 atom stereocenters. The van der Waals surface area contributed by atoms with Crippen LogP contribution in [-0.2, 0) is 11.2 Å². The summed E-state index contributed by atoms with van der Waals surface area (Å²) in [7, 11) is 0. The normalized spacial score (nSPS) is 18.2. The fraction of sp³-hybridized carbons (Fsp3) is 0.400. The lowest BCUT2D eigenvalue weighted by Crippen LogP contribution is -2.41. The molecule has 102 valence electrons. The van der Waals surface area contributed by atoms with Crippen molar-refractivity contribution in [2.24, 2.45) is 0 Å². The van der Waals surface area contributed by atoms with Crippen molar-refractivity contribution in [2.45, 2.75) is 32.1 Å². The molecule has 0 spiro atoms. The maximum atomic E-state index is 11.4. The Balaban J connectivity index is 0.00000133. The molecule has 0 bridgehead atoms. The van der Waals surface area contributed by atoms with Gasteiger partial charge in [0.2, 0.25) is 0 Å². The van der Waals surface area contributed by atoms with E-state index >= 15 is 0 Å². The van der Waals surface area contributed by atoms with Gasteiger partial charge in [0.05, 0.1) is 5.69 Å². The minimum Gasteiger partial charge on any atom is -0.302 e. The van der Waals surface area contributed by atoms with Crippen LogP contribution in [0, 0.1) is 0 Å². The van der Waals surface area contributed by atoms with Crippen LogP contribution in [0.5, 0.6) is 0 Å². The molecule has 1 aliphatic heterocycles. The van der Waals surface area contributed by atoms with Crippen LogP contribution in [0.25, 0.3) is 0 Å². The predicted molar refractivity (Wildman–Crippen MR) is 79.4 cm³/mol. The molecule has 1 aliphatic carbocycles. The predicted octanol–water partition coefficient (Wildman–Crippen LogP) is 3.00. The average Bonchev–Trinajstić information content (AvgIpc) is 2.39. The first-order chi connectivity index (χ1) is 8.83. The molecule has 1 heterocycles. The van der Waals surface area contributed by atoms with Crippen LogP contribution in [0.15, 0.2) is 36.0 Å². The van der Waals surface area contributed by atoms with Gasteiger partial charge in [-0.25, -0.2) is 0 Å². The zero-order valence-corrected chi connectivity index (χ0v) is 11.7. The molecular weight excluding hydrogens is 260 g/mol. The molecule has 3 rings (SSSR count). The highest BCUT2D eigenvalue weighted by Crippen LogP contribution is 2.26. The number of hydrogen-bond acceptors (Lipinski definition) is 3. The first kappa shape index (κ1) is 13.9. The number of anilines is 1. The van der Waals surface area contributed by atoms with Gasteiger partial charge in [0.1, 0.15) is 0 Å². The molecule has 19 heavy (non-hydrogen) atoms. The maximum absolute atomic E-state index is 11.4. The van der Waals surface area contributed by atoms with Gasteiger partial charge in [0.15, 0.2) is 5.78 Å². The van der Waals surface area contributed by atoms with E-state index in [1.54, 1.807) is 6.08 Å². The molecule has 2 aliphatic rings. The Morgan fingerprint density at radius 1 is 1.05 bits per heavy atom. The summed E-state index contributed by atoms with van der Waals surface area (Å²) in [5.41, 5.74) is 7.12. The quantitative estimate of drug-likeness (QED) is 0.903. The Morgan fingerprint density at radius 2 is 1.89 bits per heavy atom. The van der Waals surface area contributed by atoms with Crippen molar-refractivity contribution in [3.05, 3.63) is 41.6 Å². The number of carbonyl (C=O) groups is 1. The second kappa shape index (κ2) is 6.11. The lowest BCUT2D eigenvalue weighted by molar-refractivity contribution is -0.115. The van der Waals surface area contributed by atoms with Crippen molar-refractivity contribution in [1.82, 2.24) is 5.43 Å². The number of ketones is 1. The summed E-state index contributed by atoms with van der Waals surface area (Å²) in [5.74, 6) is 0.244. The third kappa shape index (κ3) is 3.10. The first-order valence-corrected chi connectivity index (χ1v) is 6.68. The summed E-state index contributed by atoms with van der Waals surface area (Å²) in [5, 5.41) is 2.18. The molecule has 0 amide bonds. The van der Waals surface area contributed by atoms with Crippen molar-refractivity contribution in [1.29, 1.82) is 0 Å². The van der Waals surface area contributed by atoms with Crippen molar-refractivity contribution in [3.63, 3.8) is 0 Å². The lowest BCUT2D eigenvalue weighted by atomic mass is 10.0. The molecule has 0 aromatic heterocycles. The van der Waals surface area contributed by atoms with Crippen LogP contribution < -0.4 is 10.4 Å². The maximum Gasteiger partial charge on any atom is 0.157 e. The van der Waals surface area contributed by atoms with Crippen LogP contribution in [0.3, 0.4) is 0 Å². The first-order valence-electron chi connectivity index (χ1n) is 6.68. The molecule has 4 heteroatoms. The number of benzene rings is 1. The van der Waals surface area contributed by atoms with Crippen LogP contribution in [0.2, 0.25) is 0 Å². The van der Waals surface area contributed by atoms with E-state index in [0.29, 0.717) is 6.42 Å². The number of hydrazine groups is 1. The molecule has 3 nitrogen and oxygen atoms in total. The van der Waals surface area contributed by atoms with E-state index in [4.69, 9.17) is 0 Å². The number of nitrogens with one attached hydrogen (secondary N) is 1. The van der Waals surface area contributed by atoms with E-state index in [1.807, 2.05) is 0 Å². The van der Waals surface area contributed by atoms with Crippen molar-refractivity contribution in [2.75, 3.05) is 11.6 Å². The highest BCUT2D eigenvalue weighted by Gasteiger charge is 2.18. The molecule has 0 unspecified atom stereocenters. The topological polar surface area (TPSA) is 32.3 Å². The highest BCUT2D eigenvalue weighted by atomic mass is 35.5. The Kier molecular flexibility index (Phi) is 4.48. The molecule has 0 saturated heterocycles. The van der Waals surface area contributed by atoms with Gasteiger partial charge in [-0.3, -0.25) is 9.80 Å². The third-order valence-electron chi connectivity index (χ3n) is 3.59. The van der Waals surface area contributed by atoms with E-state index in [0.717, 1.165) is 37.9 Å². The molecule has 0 radical (unpaired) electrons. The number of allylic oxidation sites excluding steroid dienone is 2. The van der Waals surface area contributed by atoms with Gasteiger partial charge in [0, 0.05) is 24.7 Å². The second-order valence-electron chi connectivity index (χ2n) is 4.99. The number of halogens is 1. The molecule has 1 aromatic carbocycles. The van der Waals surface area contributed by atoms with Gasteiger partial charge in [-0.15, -0.1) is 12.4 Å². The third-order valence-corrected chi connectivity index (χ3v) is 3.59. The van der Waals surface area contributed by atoms with Crippen LogP contribution in [0.4, 0.5) is 5.69 Å². The number of para-hydroxylation sites is 1. The zero-order chi connectivity index (χ0) is 12.4. The molecular formula is C15H19ClN2O. The monoisotopic (exact) mass is 278 g/mol. The highest BCUT2D eigenvalue weighted by molar-refractivity contribution is 5.91. The van der Waals surface area contributed by atoms with Crippen LogP contribution >= 0.6 is 12.4 Å². The number of fused-ring (bicyclic) bond motifs is 1. The van der Waals surface area contributed by atoms with E-state index in [1.165, 1.54) is 11.3 Å². The van der Waals surface area contributed by atoms with Gasteiger partial charge in [-0.05, 0) is 37.3 Å². The summed E-state index contributed by atoms with van der Waals surface area (Å²) in [4.78, 5) is 11.4. The van der Waals surface area contributed by atoms with Gasteiger partial charge in [-0.2, -0.15) is 0 Å². The summed E-state index contributed by atoms with van der Waals surface area (Å²) in [6.07, 6.45) is 6.71. The van der Waals surface area contributed by atoms with Crippen molar-refractivity contribution in [3.8, 4) is 0 Å². The van der Waals surface area contributed by atoms with E-state index in [9.17, 15) is 4.79 Å². The minimum absolute atomic E-state index is 0. The number of rotatable bonds is 2. The van der Waals surface area contributed by atoms with E-state index in [-0.39, 0.29) is 18.2 Å². The van der Waals surface area contributed by atoms with Crippen molar-refractivity contribution >= 4 is 23.9 Å². The van der Waals surface area contributed by atoms with E-state index < -0.39 is 0 Å².